The molecule has 29 heavy (non-hydrogen) atoms. The van der Waals surface area contributed by atoms with Gasteiger partial charge in [-0.1, -0.05) is 30.3 Å². The minimum Gasteiger partial charge on any atom is -0.487 e. The number of carbonyl (C=O) groups excluding carboxylic acids is 1. The number of carbonyl (C=O) groups is 1. The Bertz CT molecular complexity index is 1010. The van der Waals surface area contributed by atoms with Gasteiger partial charge < -0.3 is 15.0 Å². The molecule has 2 aliphatic heterocycles. The smallest absolute Gasteiger partial charge is 0.255 e. The Balaban J connectivity index is 1.29. The number of rotatable bonds is 3. The number of nitrogens with zero attached hydrogens (tertiary/aromatic N) is 3. The summed E-state index contributed by atoms with van der Waals surface area (Å²) in [5.41, 5.74) is 2.96. The minimum absolute atomic E-state index is 0.00522. The van der Waals surface area contributed by atoms with Gasteiger partial charge in [-0.05, 0) is 35.7 Å². The zero-order valence-electron chi connectivity index (χ0n) is 16.0. The average Bonchev–Trinajstić information content (AvgIpc) is 3.29. The standard InChI is InChI=1S/C23H22N4O2/c28-23(27-11-8-18(14-27)16-6-9-24-10-7-16)19-12-21-22(25-13-19)26-20(15-29-21)17-4-2-1-3-5-17/h1-7,9-10,12-13,18,20H,8,11,14-15H2,(H,25,26)/t18-,20-/m1/s1. The quantitative estimate of drug-likeness (QED) is 0.744. The van der Waals surface area contributed by atoms with Gasteiger partial charge in [0.1, 0.15) is 6.61 Å². The molecule has 4 heterocycles. The maximum atomic E-state index is 13.0. The highest BCUT2D eigenvalue weighted by molar-refractivity contribution is 5.95. The number of anilines is 1. The summed E-state index contributed by atoms with van der Waals surface area (Å²) in [5.74, 6) is 1.67. The molecule has 0 radical (unpaired) electrons. The van der Waals surface area contributed by atoms with Gasteiger partial charge in [-0.3, -0.25) is 9.78 Å². The number of ether oxygens (including phenoxy) is 1. The van der Waals surface area contributed by atoms with E-state index in [4.69, 9.17) is 4.74 Å². The van der Waals surface area contributed by atoms with Crippen LogP contribution in [0.3, 0.4) is 0 Å². The van der Waals surface area contributed by atoms with E-state index in [1.54, 1.807) is 24.7 Å². The van der Waals surface area contributed by atoms with Crippen molar-refractivity contribution in [3.05, 3.63) is 83.8 Å². The maximum absolute atomic E-state index is 13.0. The molecule has 6 heteroatoms. The molecule has 2 atom stereocenters. The molecule has 2 aliphatic rings. The number of hydrogen-bond donors (Lipinski definition) is 1. The first-order chi connectivity index (χ1) is 14.3. The number of aromatic nitrogens is 2. The zero-order chi connectivity index (χ0) is 19.6. The second kappa shape index (κ2) is 7.54. The third-order valence-corrected chi connectivity index (χ3v) is 5.67. The molecule has 0 bridgehead atoms. The van der Waals surface area contributed by atoms with E-state index in [2.05, 4.69) is 27.4 Å². The lowest BCUT2D eigenvalue weighted by molar-refractivity contribution is 0.0790. The van der Waals surface area contributed by atoms with E-state index in [0.29, 0.717) is 29.7 Å². The van der Waals surface area contributed by atoms with Crippen LogP contribution >= 0.6 is 0 Å². The third-order valence-electron chi connectivity index (χ3n) is 5.67. The van der Waals surface area contributed by atoms with Crippen LogP contribution in [0.1, 0.15) is 39.9 Å². The van der Waals surface area contributed by atoms with E-state index in [0.717, 1.165) is 25.1 Å². The highest BCUT2D eigenvalue weighted by Gasteiger charge is 2.29. The number of amides is 1. The molecule has 1 amide bonds. The molecule has 1 N–H and O–H groups in total. The van der Waals surface area contributed by atoms with Crippen molar-refractivity contribution in [2.24, 2.45) is 0 Å². The fourth-order valence-corrected chi connectivity index (χ4v) is 4.06. The monoisotopic (exact) mass is 386 g/mol. The van der Waals surface area contributed by atoms with Crippen molar-refractivity contribution in [3.8, 4) is 5.75 Å². The number of benzene rings is 1. The number of likely N-dealkylation sites (tertiary alicyclic amines) is 1. The van der Waals surface area contributed by atoms with Crippen LogP contribution in [0.15, 0.2) is 67.1 Å². The second-order valence-electron chi connectivity index (χ2n) is 7.51. The second-order valence-corrected chi connectivity index (χ2v) is 7.51. The van der Waals surface area contributed by atoms with E-state index in [1.807, 2.05) is 35.2 Å². The molecule has 2 aromatic heterocycles. The van der Waals surface area contributed by atoms with Crippen LogP contribution in [0.4, 0.5) is 5.82 Å². The highest BCUT2D eigenvalue weighted by atomic mass is 16.5. The Labute approximate surface area is 169 Å². The van der Waals surface area contributed by atoms with Crippen molar-refractivity contribution in [3.63, 3.8) is 0 Å². The third kappa shape index (κ3) is 3.53. The molecule has 0 spiro atoms. The van der Waals surface area contributed by atoms with Gasteiger partial charge in [0.25, 0.3) is 5.91 Å². The summed E-state index contributed by atoms with van der Waals surface area (Å²) in [4.78, 5) is 23.4. The van der Waals surface area contributed by atoms with Gasteiger partial charge in [-0.25, -0.2) is 4.98 Å². The lowest BCUT2D eigenvalue weighted by atomic mass is 10.00. The van der Waals surface area contributed by atoms with Crippen molar-refractivity contribution in [1.29, 1.82) is 0 Å². The molecule has 1 aromatic carbocycles. The topological polar surface area (TPSA) is 67.3 Å². The first kappa shape index (κ1) is 17.7. The molecule has 6 nitrogen and oxygen atoms in total. The zero-order valence-corrected chi connectivity index (χ0v) is 16.0. The molecule has 1 saturated heterocycles. The van der Waals surface area contributed by atoms with Crippen molar-refractivity contribution in [1.82, 2.24) is 14.9 Å². The first-order valence-corrected chi connectivity index (χ1v) is 9.91. The highest BCUT2D eigenvalue weighted by Crippen LogP contribution is 2.33. The summed E-state index contributed by atoms with van der Waals surface area (Å²) >= 11 is 0. The van der Waals surface area contributed by atoms with Gasteiger partial charge in [-0.15, -0.1) is 0 Å². The normalized spacial score (nSPS) is 20.5. The van der Waals surface area contributed by atoms with E-state index in [9.17, 15) is 4.79 Å². The van der Waals surface area contributed by atoms with Gasteiger partial charge in [0.2, 0.25) is 0 Å². The fraction of sp³-hybridized carbons (Fsp3) is 0.261. The van der Waals surface area contributed by atoms with Crippen molar-refractivity contribution >= 4 is 11.7 Å². The summed E-state index contributed by atoms with van der Waals surface area (Å²) in [7, 11) is 0. The summed E-state index contributed by atoms with van der Waals surface area (Å²) in [5, 5.41) is 3.41. The van der Waals surface area contributed by atoms with Crippen LogP contribution in [0.5, 0.6) is 5.75 Å². The van der Waals surface area contributed by atoms with E-state index in [-0.39, 0.29) is 11.9 Å². The molecule has 3 aromatic rings. The molecule has 1 fully saturated rings. The SMILES string of the molecule is O=C(c1cnc2c(c1)OC[C@H](c1ccccc1)N2)N1CC[C@@H](c2ccncc2)C1. The summed E-state index contributed by atoms with van der Waals surface area (Å²) in [6.07, 6.45) is 6.22. The van der Waals surface area contributed by atoms with Crippen molar-refractivity contribution in [2.75, 3.05) is 25.0 Å². The van der Waals surface area contributed by atoms with Crippen LogP contribution in [-0.2, 0) is 0 Å². The van der Waals surface area contributed by atoms with Gasteiger partial charge in [-0.2, -0.15) is 0 Å². The Morgan fingerprint density at radius 1 is 1.10 bits per heavy atom. The summed E-state index contributed by atoms with van der Waals surface area (Å²) < 4.78 is 5.93. The van der Waals surface area contributed by atoms with E-state index < -0.39 is 0 Å². The number of hydrogen-bond acceptors (Lipinski definition) is 5. The molecule has 0 unspecified atom stereocenters. The van der Waals surface area contributed by atoms with Crippen LogP contribution in [0.2, 0.25) is 0 Å². The minimum atomic E-state index is 0.00522. The van der Waals surface area contributed by atoms with Crippen LogP contribution in [0.25, 0.3) is 0 Å². The lowest BCUT2D eigenvalue weighted by Crippen LogP contribution is -2.29. The van der Waals surface area contributed by atoms with Crippen molar-refractivity contribution in [2.45, 2.75) is 18.4 Å². The van der Waals surface area contributed by atoms with Gasteiger partial charge >= 0.3 is 0 Å². The average molecular weight is 386 g/mol. The van der Waals surface area contributed by atoms with Crippen LogP contribution in [-0.4, -0.2) is 40.5 Å². The van der Waals surface area contributed by atoms with Gasteiger partial charge in [0, 0.05) is 37.6 Å². The van der Waals surface area contributed by atoms with Crippen molar-refractivity contribution < 1.29 is 9.53 Å². The number of fused-ring (bicyclic) bond motifs is 1. The van der Waals surface area contributed by atoms with Gasteiger partial charge in [0.05, 0.1) is 11.6 Å². The molecule has 0 aliphatic carbocycles. The Morgan fingerprint density at radius 2 is 1.93 bits per heavy atom. The number of pyridine rings is 2. The predicted octanol–water partition coefficient (Wildman–Crippen LogP) is 3.65. The first-order valence-electron chi connectivity index (χ1n) is 9.91. The Morgan fingerprint density at radius 3 is 2.76 bits per heavy atom. The molecular weight excluding hydrogens is 364 g/mol. The predicted molar refractivity (Wildman–Crippen MR) is 110 cm³/mol. The number of nitrogens with one attached hydrogen (secondary N) is 1. The van der Waals surface area contributed by atoms with Gasteiger partial charge in [0.15, 0.2) is 11.6 Å². The van der Waals surface area contributed by atoms with Crippen LogP contribution < -0.4 is 10.1 Å². The lowest BCUT2D eigenvalue weighted by Gasteiger charge is -2.27. The Hall–Kier alpha value is -3.41. The molecule has 5 rings (SSSR count). The van der Waals surface area contributed by atoms with E-state index in [1.165, 1.54) is 5.56 Å². The Kier molecular flexibility index (Phi) is 4.60. The summed E-state index contributed by atoms with van der Waals surface area (Å²) in [6, 6.07) is 16.1. The largest absolute Gasteiger partial charge is 0.487 e. The maximum Gasteiger partial charge on any atom is 0.255 e. The molecule has 146 valence electrons. The molecular formula is C23H22N4O2. The van der Waals surface area contributed by atoms with Crippen LogP contribution in [0, 0.1) is 0 Å². The summed E-state index contributed by atoms with van der Waals surface area (Å²) in [6.45, 7) is 1.97. The van der Waals surface area contributed by atoms with E-state index >= 15 is 0 Å². The fourth-order valence-electron chi connectivity index (χ4n) is 4.06. The molecule has 0 saturated carbocycles.